The maximum atomic E-state index is 12.4. The molecular weight excluding hydrogens is 318 g/mol. The lowest BCUT2D eigenvalue weighted by molar-refractivity contribution is 0.102. The highest BCUT2D eigenvalue weighted by Crippen LogP contribution is 2.35. The predicted molar refractivity (Wildman–Crippen MR) is 102 cm³/mol. The van der Waals surface area contributed by atoms with Crippen LogP contribution in [0.4, 0.5) is 5.69 Å². The van der Waals surface area contributed by atoms with Gasteiger partial charge in [0.1, 0.15) is 0 Å². The van der Waals surface area contributed by atoms with E-state index in [-0.39, 0.29) is 11.4 Å². The summed E-state index contributed by atoms with van der Waals surface area (Å²) in [5.74, 6) is 0.842. The number of amides is 1. The van der Waals surface area contributed by atoms with Crippen LogP contribution in [0.2, 0.25) is 0 Å². The second kappa shape index (κ2) is 6.69. The van der Waals surface area contributed by atoms with Crippen LogP contribution in [-0.4, -0.2) is 16.8 Å². The van der Waals surface area contributed by atoms with Gasteiger partial charge in [-0.15, -0.1) is 0 Å². The molecule has 1 aliphatic heterocycles. The molecule has 124 valence electrons. The van der Waals surface area contributed by atoms with Gasteiger partial charge in [-0.05, 0) is 50.1 Å². The molecule has 24 heavy (non-hydrogen) atoms. The second-order valence-electron chi connectivity index (χ2n) is 6.23. The highest BCUT2D eigenvalue weighted by Gasteiger charge is 2.29. The topological polar surface area (TPSA) is 67.5 Å². The fourth-order valence-corrected chi connectivity index (χ4v) is 3.79. The lowest BCUT2D eigenvalue weighted by atomic mass is 9.89. The number of amidine groups is 1. The van der Waals surface area contributed by atoms with Crippen LogP contribution >= 0.6 is 11.8 Å². The van der Waals surface area contributed by atoms with Crippen LogP contribution in [-0.2, 0) is 5.54 Å². The van der Waals surface area contributed by atoms with Gasteiger partial charge in [-0.1, -0.05) is 41.6 Å². The number of thioether (sulfide) groups is 1. The molecule has 3 rings (SSSR count). The number of hydrogen-bond acceptors (Lipinski definition) is 4. The molecule has 1 heterocycles. The van der Waals surface area contributed by atoms with Crippen molar-refractivity contribution < 1.29 is 4.79 Å². The Morgan fingerprint density at radius 3 is 2.79 bits per heavy atom. The summed E-state index contributed by atoms with van der Waals surface area (Å²) in [6.45, 7) is 4.06. The fraction of sp³-hybridized carbons (Fsp3) is 0.263. The van der Waals surface area contributed by atoms with Crippen molar-refractivity contribution in [2.45, 2.75) is 25.8 Å². The van der Waals surface area contributed by atoms with E-state index in [1.807, 2.05) is 55.5 Å². The van der Waals surface area contributed by atoms with Crippen molar-refractivity contribution >= 4 is 28.5 Å². The number of nitrogens with zero attached hydrogens (tertiary/aromatic N) is 1. The average molecular weight is 339 g/mol. The van der Waals surface area contributed by atoms with Crippen molar-refractivity contribution in [1.29, 1.82) is 0 Å². The molecule has 2 aromatic rings. The largest absolute Gasteiger partial charge is 0.379 e. The van der Waals surface area contributed by atoms with Gasteiger partial charge in [-0.3, -0.25) is 9.79 Å². The fourth-order valence-electron chi connectivity index (χ4n) is 2.82. The van der Waals surface area contributed by atoms with Crippen molar-refractivity contribution in [3.63, 3.8) is 0 Å². The normalized spacial score (nSPS) is 20.3. The molecule has 1 aliphatic rings. The van der Waals surface area contributed by atoms with Crippen LogP contribution in [0.3, 0.4) is 0 Å². The number of nitrogens with two attached hydrogens (primary N) is 1. The van der Waals surface area contributed by atoms with Crippen molar-refractivity contribution in [1.82, 2.24) is 0 Å². The average Bonchev–Trinajstić information content (AvgIpc) is 2.55. The van der Waals surface area contributed by atoms with Crippen LogP contribution in [0.1, 0.15) is 34.8 Å². The lowest BCUT2D eigenvalue weighted by Crippen LogP contribution is -2.28. The van der Waals surface area contributed by atoms with Gasteiger partial charge in [0, 0.05) is 17.0 Å². The van der Waals surface area contributed by atoms with E-state index in [4.69, 9.17) is 5.73 Å². The van der Waals surface area contributed by atoms with E-state index in [1.54, 1.807) is 11.8 Å². The van der Waals surface area contributed by atoms with Crippen LogP contribution in [0.15, 0.2) is 53.5 Å². The quantitative estimate of drug-likeness (QED) is 0.891. The molecule has 2 aromatic carbocycles. The minimum Gasteiger partial charge on any atom is -0.379 e. The maximum absolute atomic E-state index is 12.4. The molecule has 3 N–H and O–H groups in total. The lowest BCUT2D eigenvalue weighted by Gasteiger charge is -2.30. The zero-order valence-corrected chi connectivity index (χ0v) is 14.7. The number of aryl methyl sites for hydroxylation is 1. The third-order valence-corrected chi connectivity index (χ3v) is 5.01. The van der Waals surface area contributed by atoms with E-state index >= 15 is 0 Å². The van der Waals surface area contributed by atoms with Gasteiger partial charge in [-0.2, -0.15) is 0 Å². The van der Waals surface area contributed by atoms with Gasteiger partial charge in [0.15, 0.2) is 5.17 Å². The van der Waals surface area contributed by atoms with Crippen molar-refractivity contribution in [2.24, 2.45) is 10.7 Å². The summed E-state index contributed by atoms with van der Waals surface area (Å²) in [6, 6.07) is 15.4. The van der Waals surface area contributed by atoms with Crippen LogP contribution in [0.5, 0.6) is 0 Å². The van der Waals surface area contributed by atoms with E-state index in [2.05, 4.69) is 17.2 Å². The Bertz CT molecular complexity index is 803. The number of rotatable bonds is 3. The van der Waals surface area contributed by atoms with Crippen LogP contribution in [0, 0.1) is 6.92 Å². The third-order valence-electron chi connectivity index (χ3n) is 4.22. The van der Waals surface area contributed by atoms with E-state index in [0.29, 0.717) is 10.7 Å². The maximum Gasteiger partial charge on any atom is 0.255 e. The van der Waals surface area contributed by atoms with E-state index in [0.717, 1.165) is 29.0 Å². The Balaban J connectivity index is 1.83. The molecule has 1 atom stereocenters. The molecular formula is C19H21N3OS. The molecule has 1 unspecified atom stereocenters. The summed E-state index contributed by atoms with van der Waals surface area (Å²) in [4.78, 5) is 17.0. The monoisotopic (exact) mass is 339 g/mol. The Morgan fingerprint density at radius 1 is 1.25 bits per heavy atom. The first kappa shape index (κ1) is 16.6. The van der Waals surface area contributed by atoms with E-state index in [1.165, 1.54) is 0 Å². The summed E-state index contributed by atoms with van der Waals surface area (Å²) < 4.78 is 0. The molecule has 0 radical (unpaired) electrons. The number of aliphatic imine (C=N–C) groups is 1. The number of carbonyl (C=O) groups is 1. The molecule has 1 amide bonds. The van der Waals surface area contributed by atoms with Crippen molar-refractivity contribution in [3.8, 4) is 0 Å². The number of anilines is 1. The molecule has 4 nitrogen and oxygen atoms in total. The molecule has 0 saturated heterocycles. The summed E-state index contributed by atoms with van der Waals surface area (Å²) in [5, 5.41) is 3.59. The summed E-state index contributed by atoms with van der Waals surface area (Å²) >= 11 is 1.59. The Labute approximate surface area is 146 Å². The first-order valence-electron chi connectivity index (χ1n) is 7.93. The Morgan fingerprint density at radius 2 is 2.04 bits per heavy atom. The first-order valence-corrected chi connectivity index (χ1v) is 8.91. The molecule has 0 saturated carbocycles. The molecule has 0 bridgehead atoms. The van der Waals surface area contributed by atoms with Crippen LogP contribution in [0.25, 0.3) is 0 Å². The van der Waals surface area contributed by atoms with Gasteiger partial charge in [0.2, 0.25) is 0 Å². The number of benzene rings is 2. The Kier molecular flexibility index (Phi) is 4.62. The molecule has 0 aliphatic carbocycles. The number of hydrogen-bond donors (Lipinski definition) is 2. The predicted octanol–water partition coefficient (Wildman–Crippen LogP) is 3.91. The molecule has 5 heteroatoms. The number of nitrogens with one attached hydrogen (secondary N) is 1. The summed E-state index contributed by atoms with van der Waals surface area (Å²) in [6.07, 6.45) is 0.924. The minimum atomic E-state index is -0.334. The van der Waals surface area contributed by atoms with E-state index < -0.39 is 0 Å². The van der Waals surface area contributed by atoms with Crippen LogP contribution < -0.4 is 11.1 Å². The van der Waals surface area contributed by atoms with E-state index in [9.17, 15) is 4.79 Å². The minimum absolute atomic E-state index is 0.108. The van der Waals surface area contributed by atoms with Gasteiger partial charge in [0.05, 0.1) is 5.54 Å². The zero-order valence-electron chi connectivity index (χ0n) is 13.9. The SMILES string of the molecule is Cc1cccc(C(=O)Nc2cccc(C3(C)CCSC(N)=N3)c2)c1. The highest BCUT2D eigenvalue weighted by molar-refractivity contribution is 8.13. The standard InChI is InChI=1S/C19H21N3OS/c1-13-5-3-6-14(11-13)17(23)21-16-8-4-7-15(12-16)19(2)9-10-24-18(20)22-19/h3-8,11-12H,9-10H2,1-2H3,(H2,20,22)(H,21,23). The van der Waals surface area contributed by atoms with Gasteiger partial charge in [0.25, 0.3) is 5.91 Å². The van der Waals surface area contributed by atoms with Gasteiger partial charge < -0.3 is 11.1 Å². The molecule has 0 aromatic heterocycles. The van der Waals surface area contributed by atoms with Gasteiger partial charge in [-0.25, -0.2) is 0 Å². The second-order valence-corrected chi connectivity index (χ2v) is 7.34. The van der Waals surface area contributed by atoms with Gasteiger partial charge >= 0.3 is 0 Å². The zero-order chi connectivity index (χ0) is 17.2. The van der Waals surface area contributed by atoms with Crippen molar-refractivity contribution in [3.05, 3.63) is 65.2 Å². The molecule has 0 spiro atoms. The summed E-state index contributed by atoms with van der Waals surface area (Å²) in [7, 11) is 0. The Hall–Kier alpha value is -2.27. The smallest absolute Gasteiger partial charge is 0.255 e. The third kappa shape index (κ3) is 3.62. The first-order chi connectivity index (χ1) is 11.5. The number of carbonyl (C=O) groups excluding carboxylic acids is 1. The summed E-state index contributed by atoms with van der Waals surface area (Å²) in [5.41, 5.74) is 9.12. The molecule has 0 fully saturated rings. The van der Waals surface area contributed by atoms with Crippen molar-refractivity contribution in [2.75, 3.05) is 11.1 Å². The highest BCUT2D eigenvalue weighted by atomic mass is 32.2.